The van der Waals surface area contributed by atoms with Crippen LogP contribution in [-0.4, -0.2) is 77.3 Å². The van der Waals surface area contributed by atoms with Gasteiger partial charge in [0.25, 0.3) is 0 Å². The van der Waals surface area contributed by atoms with E-state index in [9.17, 15) is 4.79 Å². The van der Waals surface area contributed by atoms with Gasteiger partial charge in [-0.3, -0.25) is 4.79 Å². The van der Waals surface area contributed by atoms with Gasteiger partial charge in [0, 0.05) is 18.3 Å². The first kappa shape index (κ1) is 42.7. The van der Waals surface area contributed by atoms with Crippen molar-refractivity contribution in [2.75, 3.05) is 0 Å². The van der Waals surface area contributed by atoms with Crippen molar-refractivity contribution in [2.45, 2.75) is 175 Å². The van der Waals surface area contributed by atoms with Crippen molar-refractivity contribution < 1.29 is 13.6 Å². The zero-order chi connectivity index (χ0) is 35.9. The quantitative estimate of drug-likeness (QED) is 0.167. The van der Waals surface area contributed by atoms with E-state index in [-0.39, 0.29) is 24.0 Å². The third kappa shape index (κ3) is 8.52. The van der Waals surface area contributed by atoms with Crippen LogP contribution in [0.25, 0.3) is 0 Å². The van der Waals surface area contributed by atoms with E-state index in [0.717, 1.165) is 32.1 Å². The highest BCUT2D eigenvalue weighted by Crippen LogP contribution is 2.45. The summed E-state index contributed by atoms with van der Waals surface area (Å²) in [5.74, 6) is 0.736. The topological polar surface area (TPSA) is 35.5 Å². The summed E-state index contributed by atoms with van der Waals surface area (Å²) in [6, 6.07) is 11.2. The summed E-state index contributed by atoms with van der Waals surface area (Å²) in [4.78, 5) is 14.0. The maximum Gasteiger partial charge on any atom is 0.158 e. The molecule has 2 rings (SSSR count). The van der Waals surface area contributed by atoms with Crippen molar-refractivity contribution in [2.24, 2.45) is 5.92 Å². The lowest BCUT2D eigenvalue weighted by molar-refractivity contribution is -0.128. The van der Waals surface area contributed by atoms with Gasteiger partial charge in [0.05, 0.1) is 57.8 Å². The molecule has 0 aromatic heterocycles. The number of hydrogen-bond donors (Lipinski definition) is 0. The molecule has 3 nitrogen and oxygen atoms in total. The lowest BCUT2D eigenvalue weighted by atomic mass is 9.80. The van der Waals surface area contributed by atoms with Crippen LogP contribution in [0.4, 0.5) is 0 Å². The Morgan fingerprint density at radius 2 is 1.00 bits per heavy atom. The summed E-state index contributed by atoms with van der Waals surface area (Å²) in [5.41, 5.74) is 1.37. The Bertz CT molecular complexity index is 1080. The third-order valence-corrected chi connectivity index (χ3v) is 147. The van der Waals surface area contributed by atoms with E-state index in [1.165, 1.54) is 5.56 Å². The molecule has 4 atom stereocenters. The molecule has 0 aliphatic heterocycles. The van der Waals surface area contributed by atoms with Crippen LogP contribution < -0.4 is 0 Å². The van der Waals surface area contributed by atoms with E-state index in [4.69, 9.17) is 8.85 Å². The number of rotatable bonds is 15. The fraction of sp³-hybridized carbons (Fsp3) is 0.800. The van der Waals surface area contributed by atoms with Gasteiger partial charge in [-0.25, -0.2) is 0 Å². The summed E-state index contributed by atoms with van der Waals surface area (Å²) in [6.45, 7) is 45.4. The number of hydrogen-bond acceptors (Lipinski definition) is 3. The molecule has 1 fully saturated rings. The minimum Gasteiger partial charge on any atom is -0.422 e. The minimum atomic E-state index is -2.18. The standard InChI is InChI=1S/C35H76O3Si8/c1-30(31-25-21-20-22-26-31)34(37-45(39(2,3)4,40(5,6)7)41(8,9)10)29-35(32-27-23-24-28-33(32)36)38-46(42(11,12)13,43(14,15)16)44(17,18)19/h20-22,25-26,30,32,34-35H,23-24,27-29H2,1-19H3/t30-,32-,34-,35+/m0/s1. The lowest BCUT2D eigenvalue weighted by Crippen LogP contribution is -2.85. The van der Waals surface area contributed by atoms with Crippen LogP contribution in [-0.2, 0) is 13.6 Å². The molecule has 266 valence electrons. The van der Waals surface area contributed by atoms with E-state index in [2.05, 4.69) is 155 Å². The smallest absolute Gasteiger partial charge is 0.158 e. The zero-order valence-corrected chi connectivity index (χ0v) is 42.0. The molecule has 1 aromatic carbocycles. The van der Waals surface area contributed by atoms with Crippen LogP contribution in [0.1, 0.15) is 50.5 Å². The van der Waals surface area contributed by atoms with E-state index in [1.807, 2.05) is 0 Å². The Morgan fingerprint density at radius 1 is 0.609 bits per heavy atom. The second-order valence-electron chi connectivity index (χ2n) is 20.9. The van der Waals surface area contributed by atoms with E-state index in [0.29, 0.717) is 5.78 Å². The van der Waals surface area contributed by atoms with E-state index in [1.54, 1.807) is 0 Å². The predicted octanol–water partition coefficient (Wildman–Crippen LogP) is 11.1. The first-order valence-corrected chi connectivity index (χ1v) is 49.2. The predicted molar refractivity (Wildman–Crippen MR) is 228 cm³/mol. The fourth-order valence-electron chi connectivity index (χ4n) is 11.5. The molecule has 0 saturated heterocycles. The molecule has 1 saturated carbocycles. The molecule has 1 aliphatic carbocycles. The Balaban J connectivity index is 2.95. The highest BCUT2D eigenvalue weighted by Gasteiger charge is 2.67. The summed E-state index contributed by atoms with van der Waals surface area (Å²) in [5, 5.41) is 0. The van der Waals surface area contributed by atoms with Crippen molar-refractivity contribution in [3.05, 3.63) is 35.9 Å². The Labute approximate surface area is 293 Å². The molecule has 0 radical (unpaired) electrons. The largest absolute Gasteiger partial charge is 0.422 e. The van der Waals surface area contributed by atoms with Crippen molar-refractivity contribution >= 4 is 65.1 Å². The molecule has 0 N–H and O–H groups in total. The molecule has 0 amide bonds. The van der Waals surface area contributed by atoms with Gasteiger partial charge in [-0.05, 0) is 24.8 Å². The summed E-state index contributed by atoms with van der Waals surface area (Å²) in [6.07, 6.45) is 4.81. The van der Waals surface area contributed by atoms with Crippen LogP contribution in [0, 0.1) is 5.92 Å². The number of ketones is 1. The first-order valence-electron chi connectivity index (χ1n) is 18.4. The summed E-state index contributed by atoms with van der Waals surface area (Å²) in [7, 11) is -10.2. The second kappa shape index (κ2) is 14.6. The normalized spacial score (nSPS) is 20.4. The van der Waals surface area contributed by atoms with Crippen molar-refractivity contribution in [3.8, 4) is 0 Å². The van der Waals surface area contributed by atoms with Crippen LogP contribution >= 0.6 is 0 Å². The minimum absolute atomic E-state index is 0.0143. The Kier molecular flexibility index (Phi) is 13.6. The number of benzene rings is 1. The number of Topliss-reactive ketones (excluding diaryl/α,β-unsaturated/α-hetero) is 1. The molecule has 11 heteroatoms. The highest BCUT2D eigenvalue weighted by atomic mass is 29.9. The van der Waals surface area contributed by atoms with Crippen molar-refractivity contribution in [3.63, 3.8) is 0 Å². The van der Waals surface area contributed by atoms with Gasteiger partial charge in [-0.2, -0.15) is 0 Å². The Morgan fingerprint density at radius 3 is 1.37 bits per heavy atom. The second-order valence-corrected chi connectivity index (χ2v) is 99.8. The average Bonchev–Trinajstić information content (AvgIpc) is 2.84. The molecule has 0 unspecified atom stereocenters. The van der Waals surface area contributed by atoms with Gasteiger partial charge in [0.15, 0.2) is 13.7 Å². The van der Waals surface area contributed by atoms with E-state index >= 15 is 0 Å². The van der Waals surface area contributed by atoms with Gasteiger partial charge < -0.3 is 8.85 Å². The van der Waals surface area contributed by atoms with Crippen LogP contribution in [0.2, 0.25) is 118 Å². The summed E-state index contributed by atoms with van der Waals surface area (Å²) < 4.78 is 16.5. The Hall–Kier alpha value is 0.545. The molecule has 1 aromatic rings. The van der Waals surface area contributed by atoms with Crippen LogP contribution in [0.5, 0.6) is 0 Å². The zero-order valence-electron chi connectivity index (χ0n) is 34.0. The number of carbonyl (C=O) groups is 1. The van der Waals surface area contributed by atoms with Crippen LogP contribution in [0.15, 0.2) is 30.3 Å². The lowest BCUT2D eigenvalue weighted by Gasteiger charge is -2.59. The van der Waals surface area contributed by atoms with Crippen molar-refractivity contribution in [1.82, 2.24) is 0 Å². The summed E-state index contributed by atoms with van der Waals surface area (Å²) >= 11 is 0. The molecule has 0 heterocycles. The van der Waals surface area contributed by atoms with Gasteiger partial charge >= 0.3 is 0 Å². The molecule has 0 spiro atoms. The maximum absolute atomic E-state index is 14.0. The van der Waals surface area contributed by atoms with Gasteiger partial charge in [0.2, 0.25) is 0 Å². The van der Waals surface area contributed by atoms with Gasteiger partial charge in [-0.15, -0.1) is 0 Å². The van der Waals surface area contributed by atoms with E-state index < -0.39 is 59.3 Å². The van der Waals surface area contributed by atoms with Crippen LogP contribution in [0.3, 0.4) is 0 Å². The van der Waals surface area contributed by atoms with Gasteiger partial charge in [-0.1, -0.05) is 162 Å². The third-order valence-electron chi connectivity index (χ3n) is 11.4. The molecule has 1 aliphatic rings. The first-order chi connectivity index (χ1) is 20.5. The molecular formula is C35H76O3Si8. The van der Waals surface area contributed by atoms with Crippen molar-refractivity contribution in [1.29, 1.82) is 0 Å². The maximum atomic E-state index is 14.0. The SMILES string of the molecule is C[C@@H](c1ccccc1)[C@H](C[C@@H](O[Si]([Si](C)(C)C)([Si](C)(C)C)[Si](C)(C)C)[C@H]1CCCCC1=O)O[Si]([Si](C)(C)C)([Si](C)(C)C)[Si](C)(C)C. The fourth-order valence-corrected chi connectivity index (χ4v) is 200. The molecule has 46 heavy (non-hydrogen) atoms. The molecule has 0 bridgehead atoms. The highest BCUT2D eigenvalue weighted by molar-refractivity contribution is 7.88. The van der Waals surface area contributed by atoms with Gasteiger partial charge in [0.1, 0.15) is 5.78 Å². The monoisotopic (exact) mass is 768 g/mol. The molecular weight excluding hydrogens is 693 g/mol. The number of carbonyl (C=O) groups excluding carboxylic acids is 1. The average molecular weight is 770 g/mol.